The molecule has 0 atom stereocenters. The van der Waals surface area contributed by atoms with E-state index in [1.54, 1.807) is 0 Å². The number of Topliss-reactive ketones (excluding diaryl/α,β-unsaturated/α-hetero) is 1. The lowest BCUT2D eigenvalue weighted by molar-refractivity contribution is -0.145. The summed E-state index contributed by atoms with van der Waals surface area (Å²) in [6.45, 7) is 0. The van der Waals surface area contributed by atoms with Gasteiger partial charge in [0.2, 0.25) is 0 Å². The number of carbonyl (C=O) groups excluding carboxylic acids is 2. The minimum absolute atomic E-state index is 0.270. The first-order chi connectivity index (χ1) is 7.99. The Morgan fingerprint density at radius 2 is 1.71 bits per heavy atom. The van der Waals surface area contributed by atoms with Crippen LogP contribution in [0.4, 0.5) is 0 Å². The highest BCUT2D eigenvalue weighted by Gasteiger charge is 2.57. The summed E-state index contributed by atoms with van der Waals surface area (Å²) in [6, 6.07) is 4.56. The molecule has 90 valence electrons. The van der Waals surface area contributed by atoms with Crippen molar-refractivity contribution >= 4 is 35.0 Å². The number of ether oxygens (including phenoxy) is 1. The van der Waals surface area contributed by atoms with E-state index in [4.69, 9.17) is 23.2 Å². The Bertz CT molecular complexity index is 472. The Morgan fingerprint density at radius 1 is 1.18 bits per heavy atom. The van der Waals surface area contributed by atoms with Gasteiger partial charge in [0, 0.05) is 15.6 Å². The van der Waals surface area contributed by atoms with Crippen LogP contribution in [0.25, 0.3) is 0 Å². The third-order valence-electron chi connectivity index (χ3n) is 2.89. The molecule has 0 radical (unpaired) electrons. The molecule has 1 fully saturated rings. The van der Waals surface area contributed by atoms with Gasteiger partial charge in [-0.3, -0.25) is 9.59 Å². The summed E-state index contributed by atoms with van der Waals surface area (Å²) >= 11 is 11.7. The number of halogens is 2. The van der Waals surface area contributed by atoms with Gasteiger partial charge in [0.15, 0.2) is 5.78 Å². The standard InChI is InChI=1S/C12H10Cl2O3/c1-17-11(16)12(2-3-12)10(15)7-4-8(13)6-9(14)5-7/h4-6H,2-3H2,1H3. The molecule has 0 N–H and O–H groups in total. The van der Waals surface area contributed by atoms with Gasteiger partial charge in [-0.25, -0.2) is 0 Å². The maximum absolute atomic E-state index is 12.2. The fourth-order valence-corrected chi connectivity index (χ4v) is 2.33. The van der Waals surface area contributed by atoms with E-state index in [1.807, 2.05) is 0 Å². The molecule has 1 saturated carbocycles. The second-order valence-corrected chi connectivity index (χ2v) is 4.93. The van der Waals surface area contributed by atoms with Crippen molar-refractivity contribution in [1.29, 1.82) is 0 Å². The third kappa shape index (κ3) is 2.17. The highest BCUT2D eigenvalue weighted by Crippen LogP contribution is 2.49. The number of benzene rings is 1. The number of esters is 1. The van der Waals surface area contributed by atoms with Gasteiger partial charge in [0.1, 0.15) is 5.41 Å². The molecule has 1 aromatic carbocycles. The van der Waals surface area contributed by atoms with Gasteiger partial charge in [-0.15, -0.1) is 0 Å². The van der Waals surface area contributed by atoms with Crippen LogP contribution in [0.2, 0.25) is 10.0 Å². The van der Waals surface area contributed by atoms with Crippen LogP contribution in [0.15, 0.2) is 18.2 Å². The van der Waals surface area contributed by atoms with Crippen LogP contribution in [0.1, 0.15) is 23.2 Å². The van der Waals surface area contributed by atoms with Crippen LogP contribution in [-0.2, 0) is 9.53 Å². The molecule has 0 bridgehead atoms. The summed E-state index contributed by atoms with van der Waals surface area (Å²) < 4.78 is 4.65. The van der Waals surface area contributed by atoms with E-state index in [-0.39, 0.29) is 5.78 Å². The normalized spacial score (nSPS) is 16.4. The lowest BCUT2D eigenvalue weighted by Crippen LogP contribution is -2.27. The molecule has 0 amide bonds. The molecule has 17 heavy (non-hydrogen) atoms. The molecule has 3 nitrogen and oxygen atoms in total. The number of ketones is 1. The lowest BCUT2D eigenvalue weighted by atomic mass is 9.95. The Hall–Kier alpha value is -1.06. The van der Waals surface area contributed by atoms with Crippen molar-refractivity contribution < 1.29 is 14.3 Å². The van der Waals surface area contributed by atoms with Crippen LogP contribution in [0, 0.1) is 5.41 Å². The minimum Gasteiger partial charge on any atom is -0.468 e. The van der Waals surface area contributed by atoms with Crippen LogP contribution in [0.3, 0.4) is 0 Å². The first kappa shape index (κ1) is 12.4. The van der Waals surface area contributed by atoms with Crippen LogP contribution >= 0.6 is 23.2 Å². The van der Waals surface area contributed by atoms with Crippen LogP contribution < -0.4 is 0 Å². The summed E-state index contributed by atoms with van der Waals surface area (Å²) in [5.74, 6) is -0.757. The molecule has 5 heteroatoms. The Balaban J connectivity index is 2.35. The molecular weight excluding hydrogens is 263 g/mol. The van der Waals surface area contributed by atoms with Gasteiger partial charge in [-0.2, -0.15) is 0 Å². The first-order valence-electron chi connectivity index (χ1n) is 5.09. The fraction of sp³-hybridized carbons (Fsp3) is 0.333. The second kappa shape index (κ2) is 4.31. The largest absolute Gasteiger partial charge is 0.468 e. The van der Waals surface area contributed by atoms with E-state index >= 15 is 0 Å². The molecule has 2 rings (SSSR count). The van der Waals surface area contributed by atoms with E-state index in [0.29, 0.717) is 28.5 Å². The van der Waals surface area contributed by atoms with E-state index < -0.39 is 11.4 Å². The average Bonchev–Trinajstić information content (AvgIpc) is 3.07. The van der Waals surface area contributed by atoms with Gasteiger partial charge in [0.05, 0.1) is 7.11 Å². The molecular formula is C12H10Cl2O3. The minimum atomic E-state index is -1.01. The number of carbonyl (C=O) groups is 2. The van der Waals surface area contributed by atoms with Gasteiger partial charge in [0.25, 0.3) is 0 Å². The third-order valence-corrected chi connectivity index (χ3v) is 3.32. The molecule has 0 aromatic heterocycles. The molecule has 1 aliphatic carbocycles. The van der Waals surface area contributed by atoms with Crippen LogP contribution in [0.5, 0.6) is 0 Å². The monoisotopic (exact) mass is 272 g/mol. The fourth-order valence-electron chi connectivity index (χ4n) is 1.81. The van der Waals surface area contributed by atoms with Gasteiger partial charge >= 0.3 is 5.97 Å². The van der Waals surface area contributed by atoms with E-state index in [2.05, 4.69) is 4.74 Å². The van der Waals surface area contributed by atoms with Gasteiger partial charge < -0.3 is 4.74 Å². The van der Waals surface area contributed by atoms with E-state index in [9.17, 15) is 9.59 Å². The molecule has 0 saturated heterocycles. The second-order valence-electron chi connectivity index (χ2n) is 4.06. The Morgan fingerprint density at radius 3 is 2.12 bits per heavy atom. The molecule has 0 aliphatic heterocycles. The summed E-state index contributed by atoms with van der Waals surface area (Å²) in [5, 5.41) is 0.753. The van der Waals surface area contributed by atoms with Crippen molar-refractivity contribution in [1.82, 2.24) is 0 Å². The lowest BCUT2D eigenvalue weighted by Gasteiger charge is -2.11. The zero-order valence-electron chi connectivity index (χ0n) is 9.13. The zero-order valence-corrected chi connectivity index (χ0v) is 10.6. The highest BCUT2D eigenvalue weighted by molar-refractivity contribution is 6.35. The molecule has 0 spiro atoms. The zero-order chi connectivity index (χ0) is 12.6. The highest BCUT2D eigenvalue weighted by atomic mass is 35.5. The maximum atomic E-state index is 12.2. The molecule has 1 aliphatic rings. The topological polar surface area (TPSA) is 43.4 Å². The molecule has 0 unspecified atom stereocenters. The number of rotatable bonds is 3. The summed E-state index contributed by atoms with van der Waals surface area (Å²) in [7, 11) is 1.28. The predicted octanol–water partition coefficient (Wildman–Crippen LogP) is 3.13. The number of hydrogen-bond acceptors (Lipinski definition) is 3. The van der Waals surface area contributed by atoms with E-state index in [1.165, 1.54) is 25.3 Å². The van der Waals surface area contributed by atoms with Crippen molar-refractivity contribution in [3.8, 4) is 0 Å². The SMILES string of the molecule is COC(=O)C1(C(=O)c2cc(Cl)cc(Cl)c2)CC1. The van der Waals surface area contributed by atoms with Crippen molar-refractivity contribution in [3.05, 3.63) is 33.8 Å². The quantitative estimate of drug-likeness (QED) is 0.482. The number of methoxy groups -OCH3 is 1. The Labute approximate surface area is 109 Å². The van der Waals surface area contributed by atoms with Gasteiger partial charge in [-0.1, -0.05) is 23.2 Å². The van der Waals surface area contributed by atoms with Crippen molar-refractivity contribution in [3.63, 3.8) is 0 Å². The summed E-state index contributed by atoms with van der Waals surface area (Å²) in [6.07, 6.45) is 1.03. The average molecular weight is 273 g/mol. The first-order valence-corrected chi connectivity index (χ1v) is 5.84. The van der Waals surface area contributed by atoms with Crippen molar-refractivity contribution in [2.45, 2.75) is 12.8 Å². The Kier molecular flexibility index (Phi) is 3.15. The predicted molar refractivity (Wildman–Crippen MR) is 64.5 cm³/mol. The smallest absolute Gasteiger partial charge is 0.319 e. The molecule has 0 heterocycles. The van der Waals surface area contributed by atoms with Gasteiger partial charge in [-0.05, 0) is 31.0 Å². The maximum Gasteiger partial charge on any atom is 0.319 e. The summed E-state index contributed by atoms with van der Waals surface area (Å²) in [5.41, 5.74) is -0.659. The van der Waals surface area contributed by atoms with Crippen LogP contribution in [-0.4, -0.2) is 18.9 Å². The number of hydrogen-bond donors (Lipinski definition) is 0. The van der Waals surface area contributed by atoms with Crippen molar-refractivity contribution in [2.24, 2.45) is 5.41 Å². The molecule has 1 aromatic rings. The summed E-state index contributed by atoms with van der Waals surface area (Å²) in [4.78, 5) is 23.8. The van der Waals surface area contributed by atoms with Crippen molar-refractivity contribution in [2.75, 3.05) is 7.11 Å². The van der Waals surface area contributed by atoms with E-state index in [0.717, 1.165) is 0 Å².